The zero-order valence-corrected chi connectivity index (χ0v) is 14.9. The molecule has 3 rings (SSSR count). The van der Waals surface area contributed by atoms with Crippen LogP contribution in [0.1, 0.15) is 18.3 Å². The third-order valence-electron chi connectivity index (χ3n) is 3.75. The number of aromatic nitrogens is 2. The van der Waals surface area contributed by atoms with E-state index in [1.165, 1.54) is 31.2 Å². The number of fused-ring (bicyclic) bond motifs is 1. The number of nitrogens with zero attached hydrogens (tertiary/aromatic N) is 4. The van der Waals surface area contributed by atoms with Gasteiger partial charge in [0.1, 0.15) is 5.02 Å². The summed E-state index contributed by atoms with van der Waals surface area (Å²) in [7, 11) is 0. The minimum absolute atomic E-state index is 0.0360. The quantitative estimate of drug-likeness (QED) is 0.370. The molecule has 0 saturated heterocycles. The molecule has 0 amide bonds. The molecule has 1 aromatic heterocycles. The van der Waals surface area contributed by atoms with Gasteiger partial charge in [0.15, 0.2) is 5.82 Å². The lowest BCUT2D eigenvalue weighted by molar-refractivity contribution is -0.384. The van der Waals surface area contributed by atoms with Crippen LogP contribution < -0.4 is 5.43 Å². The molecule has 3 aromatic rings. The summed E-state index contributed by atoms with van der Waals surface area (Å²) in [5.74, 6) is -1.44. The van der Waals surface area contributed by atoms with Gasteiger partial charge in [0.2, 0.25) is 5.82 Å². The molecule has 28 heavy (non-hydrogen) atoms. The van der Waals surface area contributed by atoms with Gasteiger partial charge in [-0.05, 0) is 25.1 Å². The molecular weight excluding hydrogens is 399 g/mol. The molecule has 0 aliphatic heterocycles. The number of rotatable bonds is 4. The van der Waals surface area contributed by atoms with Crippen molar-refractivity contribution in [1.82, 2.24) is 9.97 Å². The van der Waals surface area contributed by atoms with Gasteiger partial charge < -0.3 is 0 Å². The molecule has 0 aliphatic rings. The van der Waals surface area contributed by atoms with Crippen LogP contribution in [0.3, 0.4) is 0 Å². The monoisotopic (exact) mass is 409 g/mol. The zero-order valence-electron chi connectivity index (χ0n) is 14.2. The Morgan fingerprint density at radius 1 is 1.21 bits per heavy atom. The van der Waals surface area contributed by atoms with E-state index in [1.54, 1.807) is 18.2 Å². The average Bonchev–Trinajstić information content (AvgIpc) is 2.65. The predicted molar refractivity (Wildman–Crippen MR) is 98.5 cm³/mol. The number of alkyl halides is 3. The maximum absolute atomic E-state index is 13.1. The van der Waals surface area contributed by atoms with E-state index < -0.39 is 16.9 Å². The van der Waals surface area contributed by atoms with Crippen LogP contribution in [-0.2, 0) is 6.18 Å². The summed E-state index contributed by atoms with van der Waals surface area (Å²) < 4.78 is 39.2. The summed E-state index contributed by atoms with van der Waals surface area (Å²) in [5.41, 5.74) is 2.95. The van der Waals surface area contributed by atoms with Crippen LogP contribution in [0, 0.1) is 10.1 Å². The standard InChI is InChI=1S/C17H11ClF3N5O2/c1-9(10-6-7-12(18)14(8-10)26(27)28)24-25-15-11-4-2-3-5-13(11)22-16(23-15)17(19,20)21/h2-8H,1H3,(H,22,23,25)/b24-9-. The normalized spacial score (nSPS) is 12.2. The number of benzene rings is 2. The number of anilines is 1. The highest BCUT2D eigenvalue weighted by Gasteiger charge is 2.35. The first kappa shape index (κ1) is 19.5. The maximum Gasteiger partial charge on any atom is 0.451 e. The van der Waals surface area contributed by atoms with Crippen molar-refractivity contribution in [3.63, 3.8) is 0 Å². The zero-order chi connectivity index (χ0) is 20.5. The molecule has 0 saturated carbocycles. The number of para-hydroxylation sites is 1. The maximum atomic E-state index is 13.1. The molecule has 144 valence electrons. The second kappa shape index (κ2) is 7.39. The molecule has 0 aliphatic carbocycles. The van der Waals surface area contributed by atoms with E-state index in [2.05, 4.69) is 20.5 Å². The summed E-state index contributed by atoms with van der Waals surface area (Å²) >= 11 is 5.77. The van der Waals surface area contributed by atoms with Crippen molar-refractivity contribution in [1.29, 1.82) is 0 Å². The Balaban J connectivity index is 2.01. The van der Waals surface area contributed by atoms with Crippen LogP contribution in [-0.4, -0.2) is 20.6 Å². The fourth-order valence-electron chi connectivity index (χ4n) is 2.37. The molecule has 0 radical (unpaired) electrons. The number of halogens is 4. The number of nitro groups is 1. The first-order chi connectivity index (χ1) is 13.2. The molecule has 11 heteroatoms. The Bertz CT molecular complexity index is 1100. The van der Waals surface area contributed by atoms with E-state index in [4.69, 9.17) is 11.6 Å². The van der Waals surface area contributed by atoms with Gasteiger partial charge in [-0.15, -0.1) is 0 Å². The first-order valence-corrected chi connectivity index (χ1v) is 8.13. The Morgan fingerprint density at radius 2 is 1.93 bits per heavy atom. The first-order valence-electron chi connectivity index (χ1n) is 7.75. The highest BCUT2D eigenvalue weighted by Crippen LogP contribution is 2.30. The van der Waals surface area contributed by atoms with Crippen LogP contribution in [0.15, 0.2) is 47.6 Å². The Labute approximate surface area is 161 Å². The van der Waals surface area contributed by atoms with E-state index in [1.807, 2.05) is 0 Å². The van der Waals surface area contributed by atoms with Crippen molar-refractivity contribution in [2.75, 3.05) is 5.43 Å². The molecular formula is C17H11ClF3N5O2. The predicted octanol–water partition coefficient (Wildman–Crippen LogP) is 5.05. The Hall–Kier alpha value is -3.27. The van der Waals surface area contributed by atoms with Crippen molar-refractivity contribution in [3.05, 3.63) is 69.0 Å². The fraction of sp³-hybridized carbons (Fsp3) is 0.118. The van der Waals surface area contributed by atoms with Crippen LogP contribution in [0.4, 0.5) is 24.7 Å². The van der Waals surface area contributed by atoms with E-state index in [0.29, 0.717) is 10.9 Å². The minimum Gasteiger partial charge on any atom is -0.260 e. The van der Waals surface area contributed by atoms with Crippen LogP contribution in [0.2, 0.25) is 5.02 Å². The number of hydrazone groups is 1. The van der Waals surface area contributed by atoms with Crippen molar-refractivity contribution in [2.45, 2.75) is 13.1 Å². The number of hydrogen-bond acceptors (Lipinski definition) is 6. The van der Waals surface area contributed by atoms with Crippen molar-refractivity contribution >= 4 is 39.7 Å². The van der Waals surface area contributed by atoms with Crippen LogP contribution >= 0.6 is 11.6 Å². The molecule has 7 nitrogen and oxygen atoms in total. The summed E-state index contributed by atoms with van der Waals surface area (Å²) in [6.45, 7) is 1.54. The van der Waals surface area contributed by atoms with Gasteiger partial charge in [-0.2, -0.15) is 18.3 Å². The van der Waals surface area contributed by atoms with Gasteiger partial charge >= 0.3 is 6.18 Å². The highest BCUT2D eigenvalue weighted by atomic mass is 35.5. The summed E-state index contributed by atoms with van der Waals surface area (Å²) in [6.07, 6.45) is -4.73. The number of nitro benzene ring substituents is 1. The second-order valence-electron chi connectivity index (χ2n) is 5.64. The van der Waals surface area contributed by atoms with E-state index >= 15 is 0 Å². The van der Waals surface area contributed by atoms with Gasteiger partial charge in [-0.25, -0.2) is 9.97 Å². The molecule has 1 heterocycles. The molecule has 0 fully saturated rings. The summed E-state index contributed by atoms with van der Waals surface area (Å²) in [6, 6.07) is 10.2. The molecule has 0 atom stereocenters. The van der Waals surface area contributed by atoms with Gasteiger partial charge in [-0.1, -0.05) is 29.8 Å². The minimum atomic E-state index is -4.73. The molecule has 0 spiro atoms. The number of hydrogen-bond donors (Lipinski definition) is 1. The lowest BCUT2D eigenvalue weighted by Gasteiger charge is -2.10. The molecule has 0 bridgehead atoms. The third kappa shape index (κ3) is 4.01. The second-order valence-corrected chi connectivity index (χ2v) is 6.05. The van der Waals surface area contributed by atoms with Crippen molar-refractivity contribution < 1.29 is 18.1 Å². The summed E-state index contributed by atoms with van der Waals surface area (Å²) in [4.78, 5) is 17.4. The van der Waals surface area contributed by atoms with E-state index in [0.717, 1.165) is 0 Å². The van der Waals surface area contributed by atoms with E-state index in [-0.39, 0.29) is 27.8 Å². The Morgan fingerprint density at radius 3 is 2.61 bits per heavy atom. The van der Waals surface area contributed by atoms with Gasteiger partial charge in [0.05, 0.1) is 16.2 Å². The highest BCUT2D eigenvalue weighted by molar-refractivity contribution is 6.32. The van der Waals surface area contributed by atoms with Gasteiger partial charge in [-0.3, -0.25) is 15.5 Å². The summed E-state index contributed by atoms with van der Waals surface area (Å²) in [5, 5.41) is 15.3. The largest absolute Gasteiger partial charge is 0.451 e. The third-order valence-corrected chi connectivity index (χ3v) is 4.07. The average molecular weight is 410 g/mol. The molecule has 2 aromatic carbocycles. The topological polar surface area (TPSA) is 93.3 Å². The van der Waals surface area contributed by atoms with E-state index in [9.17, 15) is 23.3 Å². The van der Waals surface area contributed by atoms with Crippen molar-refractivity contribution in [3.8, 4) is 0 Å². The fourth-order valence-corrected chi connectivity index (χ4v) is 2.55. The molecule has 0 unspecified atom stereocenters. The molecule has 1 N–H and O–H groups in total. The lowest BCUT2D eigenvalue weighted by atomic mass is 10.1. The van der Waals surface area contributed by atoms with Crippen LogP contribution in [0.5, 0.6) is 0 Å². The lowest BCUT2D eigenvalue weighted by Crippen LogP contribution is -2.13. The SMILES string of the molecule is C/C(=N/Nc1nc(C(F)(F)F)nc2ccccc12)c1ccc(Cl)c([N+](=O)[O-])c1. The van der Waals surface area contributed by atoms with Crippen molar-refractivity contribution in [2.24, 2.45) is 5.10 Å². The van der Waals surface area contributed by atoms with Gasteiger partial charge in [0.25, 0.3) is 5.69 Å². The Kier molecular flexibility index (Phi) is 5.14. The smallest absolute Gasteiger partial charge is 0.260 e. The van der Waals surface area contributed by atoms with Gasteiger partial charge in [0, 0.05) is 17.0 Å². The number of nitrogens with one attached hydrogen (secondary N) is 1. The van der Waals surface area contributed by atoms with Crippen LogP contribution in [0.25, 0.3) is 10.9 Å².